The SMILES string of the molecule is CCCCCCC(C)NC(=O)[C@@H](N)[C@@H](C)CC. The minimum atomic E-state index is -0.363. The maximum atomic E-state index is 11.8. The van der Waals surface area contributed by atoms with Gasteiger partial charge < -0.3 is 11.1 Å². The second-order valence-electron chi connectivity index (χ2n) is 5.17. The minimum absolute atomic E-state index is 0.00217. The molecule has 0 rings (SSSR count). The Morgan fingerprint density at radius 1 is 1.18 bits per heavy atom. The lowest BCUT2D eigenvalue weighted by molar-refractivity contribution is -0.124. The van der Waals surface area contributed by atoms with E-state index in [2.05, 4.69) is 26.1 Å². The number of nitrogens with two attached hydrogens (primary N) is 1. The number of hydrogen-bond donors (Lipinski definition) is 2. The first-order valence-electron chi connectivity index (χ1n) is 7.08. The standard InChI is InChI=1S/C14H30N2O/c1-5-7-8-9-10-12(4)16-14(17)13(15)11(3)6-2/h11-13H,5-10,15H2,1-4H3,(H,16,17)/t11-,12?,13-/m0/s1. The summed E-state index contributed by atoms with van der Waals surface area (Å²) in [4.78, 5) is 11.8. The van der Waals surface area contributed by atoms with Crippen LogP contribution in [0.15, 0.2) is 0 Å². The number of hydrogen-bond acceptors (Lipinski definition) is 2. The van der Waals surface area contributed by atoms with Gasteiger partial charge in [0.2, 0.25) is 5.91 Å². The van der Waals surface area contributed by atoms with Crippen molar-refractivity contribution < 1.29 is 4.79 Å². The topological polar surface area (TPSA) is 55.1 Å². The van der Waals surface area contributed by atoms with E-state index in [0.717, 1.165) is 12.8 Å². The minimum Gasteiger partial charge on any atom is -0.352 e. The first-order chi connectivity index (χ1) is 8.02. The van der Waals surface area contributed by atoms with Gasteiger partial charge in [0.15, 0.2) is 0 Å². The first-order valence-corrected chi connectivity index (χ1v) is 7.08. The van der Waals surface area contributed by atoms with Gasteiger partial charge in [-0.2, -0.15) is 0 Å². The Morgan fingerprint density at radius 3 is 2.35 bits per heavy atom. The highest BCUT2D eigenvalue weighted by molar-refractivity contribution is 5.81. The molecule has 1 unspecified atom stereocenters. The van der Waals surface area contributed by atoms with Crippen molar-refractivity contribution in [2.75, 3.05) is 0 Å². The molecule has 102 valence electrons. The molecular weight excluding hydrogens is 212 g/mol. The maximum absolute atomic E-state index is 11.8. The van der Waals surface area contributed by atoms with Gasteiger partial charge in [0, 0.05) is 6.04 Å². The molecule has 3 heteroatoms. The molecular formula is C14H30N2O. The molecule has 3 nitrogen and oxygen atoms in total. The summed E-state index contributed by atoms with van der Waals surface area (Å²) in [7, 11) is 0. The van der Waals surface area contributed by atoms with E-state index in [1.165, 1.54) is 25.7 Å². The van der Waals surface area contributed by atoms with Gasteiger partial charge >= 0.3 is 0 Å². The van der Waals surface area contributed by atoms with Gasteiger partial charge in [-0.3, -0.25) is 4.79 Å². The van der Waals surface area contributed by atoms with Crippen molar-refractivity contribution in [2.24, 2.45) is 11.7 Å². The van der Waals surface area contributed by atoms with Crippen LogP contribution >= 0.6 is 0 Å². The lowest BCUT2D eigenvalue weighted by Gasteiger charge is -2.21. The van der Waals surface area contributed by atoms with Gasteiger partial charge in [0.25, 0.3) is 0 Å². The molecule has 0 aromatic carbocycles. The third kappa shape index (κ3) is 7.37. The van der Waals surface area contributed by atoms with Gasteiger partial charge in [0.05, 0.1) is 6.04 Å². The van der Waals surface area contributed by atoms with Crippen LogP contribution in [0.2, 0.25) is 0 Å². The average Bonchev–Trinajstić information content (AvgIpc) is 2.32. The van der Waals surface area contributed by atoms with Crippen molar-refractivity contribution in [2.45, 2.75) is 78.3 Å². The van der Waals surface area contributed by atoms with Crippen LogP contribution in [-0.4, -0.2) is 18.0 Å². The summed E-state index contributed by atoms with van der Waals surface area (Å²) in [5, 5.41) is 3.01. The zero-order valence-electron chi connectivity index (χ0n) is 12.0. The molecule has 0 bridgehead atoms. The number of amides is 1. The number of rotatable bonds is 9. The summed E-state index contributed by atoms with van der Waals surface area (Å²) >= 11 is 0. The Morgan fingerprint density at radius 2 is 1.82 bits per heavy atom. The first kappa shape index (κ1) is 16.4. The summed E-state index contributed by atoms with van der Waals surface area (Å²) in [6.45, 7) is 8.35. The molecule has 0 saturated carbocycles. The largest absolute Gasteiger partial charge is 0.352 e. The monoisotopic (exact) mass is 242 g/mol. The fourth-order valence-electron chi connectivity index (χ4n) is 1.80. The van der Waals surface area contributed by atoms with E-state index in [4.69, 9.17) is 5.73 Å². The van der Waals surface area contributed by atoms with Crippen LogP contribution in [0.1, 0.15) is 66.2 Å². The number of nitrogens with one attached hydrogen (secondary N) is 1. The van der Waals surface area contributed by atoms with Crippen LogP contribution in [0, 0.1) is 5.92 Å². The fraction of sp³-hybridized carbons (Fsp3) is 0.929. The number of carbonyl (C=O) groups excluding carboxylic acids is 1. The molecule has 3 N–H and O–H groups in total. The van der Waals surface area contributed by atoms with E-state index in [0.29, 0.717) is 0 Å². The Balaban J connectivity index is 3.79. The molecule has 0 saturated heterocycles. The zero-order chi connectivity index (χ0) is 13.3. The third-order valence-electron chi connectivity index (χ3n) is 3.44. The Bertz CT molecular complexity index is 206. The highest BCUT2D eigenvalue weighted by atomic mass is 16.2. The van der Waals surface area contributed by atoms with Crippen LogP contribution in [0.5, 0.6) is 0 Å². The summed E-state index contributed by atoms with van der Waals surface area (Å²) in [6.07, 6.45) is 6.98. The van der Waals surface area contributed by atoms with E-state index in [9.17, 15) is 4.79 Å². The predicted octanol–water partition coefficient (Wildman–Crippen LogP) is 2.83. The summed E-state index contributed by atoms with van der Waals surface area (Å²) < 4.78 is 0. The zero-order valence-corrected chi connectivity index (χ0v) is 12.0. The lowest BCUT2D eigenvalue weighted by Crippen LogP contribution is -2.47. The fourth-order valence-corrected chi connectivity index (χ4v) is 1.80. The van der Waals surface area contributed by atoms with Crippen LogP contribution in [0.3, 0.4) is 0 Å². The van der Waals surface area contributed by atoms with Crippen molar-refractivity contribution in [3.63, 3.8) is 0 Å². The second kappa shape index (κ2) is 9.46. The van der Waals surface area contributed by atoms with Gasteiger partial charge in [-0.15, -0.1) is 0 Å². The molecule has 0 aliphatic heterocycles. The summed E-state index contributed by atoms with van der Waals surface area (Å²) in [5.74, 6) is 0.254. The van der Waals surface area contributed by atoms with Crippen LogP contribution in [0.4, 0.5) is 0 Å². The quantitative estimate of drug-likeness (QED) is 0.611. The van der Waals surface area contributed by atoms with Crippen molar-refractivity contribution in [3.05, 3.63) is 0 Å². The van der Waals surface area contributed by atoms with Crippen molar-refractivity contribution >= 4 is 5.91 Å². The Hall–Kier alpha value is -0.570. The van der Waals surface area contributed by atoms with Crippen LogP contribution in [0.25, 0.3) is 0 Å². The van der Waals surface area contributed by atoms with Crippen molar-refractivity contribution in [1.82, 2.24) is 5.32 Å². The molecule has 0 aliphatic rings. The van der Waals surface area contributed by atoms with E-state index in [-0.39, 0.29) is 23.9 Å². The average molecular weight is 242 g/mol. The van der Waals surface area contributed by atoms with E-state index >= 15 is 0 Å². The molecule has 0 aromatic heterocycles. The summed E-state index contributed by atoms with van der Waals surface area (Å²) in [6, 6.07) is -0.118. The van der Waals surface area contributed by atoms with Crippen molar-refractivity contribution in [1.29, 1.82) is 0 Å². The Labute approximate surface area is 107 Å². The highest BCUT2D eigenvalue weighted by Crippen LogP contribution is 2.08. The van der Waals surface area contributed by atoms with E-state index in [1.54, 1.807) is 0 Å². The maximum Gasteiger partial charge on any atom is 0.237 e. The van der Waals surface area contributed by atoms with Crippen LogP contribution in [-0.2, 0) is 4.79 Å². The van der Waals surface area contributed by atoms with E-state index in [1.807, 2.05) is 6.92 Å². The molecule has 1 amide bonds. The van der Waals surface area contributed by atoms with E-state index < -0.39 is 0 Å². The number of unbranched alkanes of at least 4 members (excludes halogenated alkanes) is 3. The molecule has 3 atom stereocenters. The van der Waals surface area contributed by atoms with Crippen LogP contribution < -0.4 is 11.1 Å². The molecule has 17 heavy (non-hydrogen) atoms. The Kier molecular flexibility index (Phi) is 9.14. The molecule has 0 aliphatic carbocycles. The molecule has 0 fully saturated rings. The van der Waals surface area contributed by atoms with Gasteiger partial charge in [-0.05, 0) is 19.3 Å². The predicted molar refractivity (Wildman–Crippen MR) is 73.8 cm³/mol. The van der Waals surface area contributed by atoms with Crippen molar-refractivity contribution in [3.8, 4) is 0 Å². The van der Waals surface area contributed by atoms with Gasteiger partial charge in [-0.1, -0.05) is 52.9 Å². The molecule has 0 spiro atoms. The third-order valence-corrected chi connectivity index (χ3v) is 3.44. The van der Waals surface area contributed by atoms with Gasteiger partial charge in [0.1, 0.15) is 0 Å². The highest BCUT2D eigenvalue weighted by Gasteiger charge is 2.20. The smallest absolute Gasteiger partial charge is 0.237 e. The molecule has 0 aromatic rings. The lowest BCUT2D eigenvalue weighted by atomic mass is 9.99. The summed E-state index contributed by atoms with van der Waals surface area (Å²) in [5.41, 5.74) is 5.88. The number of carbonyl (C=O) groups is 1. The second-order valence-corrected chi connectivity index (χ2v) is 5.17. The normalized spacial score (nSPS) is 16.3. The molecule has 0 radical (unpaired) electrons. The van der Waals surface area contributed by atoms with Gasteiger partial charge in [-0.25, -0.2) is 0 Å². The molecule has 0 heterocycles.